The monoisotopic (exact) mass is 734 g/mol. The van der Waals surface area contributed by atoms with Crippen LogP contribution in [0.3, 0.4) is 0 Å². The van der Waals surface area contributed by atoms with Crippen molar-refractivity contribution in [1.82, 2.24) is 19.4 Å². The first-order chi connectivity index (χ1) is 22.2. The summed E-state index contributed by atoms with van der Waals surface area (Å²) in [4.78, 5) is 37.7. The fourth-order valence-electron chi connectivity index (χ4n) is 6.46. The van der Waals surface area contributed by atoms with Crippen LogP contribution in [0.1, 0.15) is 33.3 Å². The normalized spacial score (nSPS) is 18.4. The van der Waals surface area contributed by atoms with Crippen LogP contribution in [-0.4, -0.2) is 69.1 Å². The first-order valence-electron chi connectivity index (χ1n) is 14.7. The number of piperazine rings is 1. The number of amides is 1. The summed E-state index contributed by atoms with van der Waals surface area (Å²) in [6.07, 6.45) is 5.10. The zero-order valence-electron chi connectivity index (χ0n) is 26.2. The second-order valence-electron chi connectivity index (χ2n) is 11.9. The van der Waals surface area contributed by atoms with E-state index in [4.69, 9.17) is 63.0 Å². The number of fused-ring (bicyclic) bond motifs is 1. The number of nitrogens with zero attached hydrogens (tertiary/aromatic N) is 6. The molecule has 2 aliphatic heterocycles. The molecule has 1 saturated heterocycles. The molecule has 47 heavy (non-hydrogen) atoms. The molecular formula is C33H31Cl5N6O3. The van der Waals surface area contributed by atoms with Crippen LogP contribution < -0.4 is 10.5 Å². The Balaban J connectivity index is 1.92. The van der Waals surface area contributed by atoms with E-state index < -0.39 is 11.3 Å². The van der Waals surface area contributed by atoms with Crippen LogP contribution in [0.2, 0.25) is 25.1 Å². The van der Waals surface area contributed by atoms with Gasteiger partial charge in [-0.15, -0.1) is 0 Å². The van der Waals surface area contributed by atoms with Gasteiger partial charge in [-0.1, -0.05) is 78.4 Å². The molecule has 1 amide bonds. The molecule has 5 rings (SSSR count). The van der Waals surface area contributed by atoms with Crippen LogP contribution in [0.15, 0.2) is 41.4 Å². The van der Waals surface area contributed by atoms with Crippen molar-refractivity contribution in [1.29, 1.82) is 5.26 Å². The molecule has 14 heteroatoms. The fraction of sp³-hybridized carbons (Fsp3) is 0.333. The number of anilines is 1. The number of pyridine rings is 2. The Morgan fingerprint density at radius 3 is 2.43 bits per heavy atom. The predicted octanol–water partition coefficient (Wildman–Crippen LogP) is 7.85. The predicted molar refractivity (Wildman–Crippen MR) is 191 cm³/mol. The smallest absolute Gasteiger partial charge is 0.276 e. The Bertz CT molecular complexity index is 1990. The van der Waals surface area contributed by atoms with Crippen molar-refractivity contribution < 1.29 is 9.90 Å². The van der Waals surface area contributed by atoms with Gasteiger partial charge in [0.1, 0.15) is 22.3 Å². The number of carbonyl (C=O) groups is 1. The minimum absolute atomic E-state index is 0.0222. The van der Waals surface area contributed by atoms with Crippen LogP contribution in [0.4, 0.5) is 5.69 Å². The lowest BCUT2D eigenvalue weighted by atomic mass is 9.93. The molecular weight excluding hydrogens is 706 g/mol. The number of likely N-dealkylation sites (N-methyl/N-ethyl adjacent to an activating group) is 1. The van der Waals surface area contributed by atoms with Crippen molar-refractivity contribution in [3.63, 3.8) is 0 Å². The number of aromatic hydroxyl groups is 1. The highest BCUT2D eigenvalue weighted by molar-refractivity contribution is 6.52. The van der Waals surface area contributed by atoms with Gasteiger partial charge in [-0.25, -0.2) is 4.98 Å². The van der Waals surface area contributed by atoms with E-state index in [0.717, 1.165) is 5.57 Å². The van der Waals surface area contributed by atoms with Gasteiger partial charge in [0.05, 0.1) is 43.2 Å². The SMILES string of the molecule is C=CC(=O)N1CCN(c2c(C#N)c(=O)n(C3=C(C)C=CN(C)C3C(C)C)c3nc(-c4c(Cl)c(O)c(Cl)c(Cl)c4Cl)c(Cl)cc23)C[C@H]1C. The first-order valence-corrected chi connectivity index (χ1v) is 16.6. The summed E-state index contributed by atoms with van der Waals surface area (Å²) in [5.41, 5.74) is 1.35. The summed E-state index contributed by atoms with van der Waals surface area (Å²) < 4.78 is 1.46. The molecule has 0 aliphatic carbocycles. The number of halogens is 5. The number of aromatic nitrogens is 2. The van der Waals surface area contributed by atoms with Crippen LogP contribution in [-0.2, 0) is 4.79 Å². The lowest BCUT2D eigenvalue weighted by Gasteiger charge is -2.41. The van der Waals surface area contributed by atoms with Crippen molar-refractivity contribution in [3.05, 3.63) is 77.6 Å². The Hall–Kier alpha value is -3.39. The summed E-state index contributed by atoms with van der Waals surface area (Å²) in [5.74, 6) is -0.671. The summed E-state index contributed by atoms with van der Waals surface area (Å²) in [5, 5.41) is 21.0. The molecule has 4 heterocycles. The lowest BCUT2D eigenvalue weighted by Crippen LogP contribution is -2.54. The van der Waals surface area contributed by atoms with Gasteiger partial charge in [0.25, 0.3) is 5.56 Å². The highest BCUT2D eigenvalue weighted by Gasteiger charge is 2.35. The Kier molecular flexibility index (Phi) is 9.85. The number of phenolic OH excluding ortho intramolecular Hbond substituents is 1. The molecule has 3 aromatic rings. The second kappa shape index (κ2) is 13.3. The van der Waals surface area contributed by atoms with Crippen molar-refractivity contribution in [2.45, 2.75) is 39.8 Å². The Labute approximate surface area is 297 Å². The van der Waals surface area contributed by atoms with Gasteiger partial charge in [0.15, 0.2) is 5.75 Å². The zero-order chi connectivity index (χ0) is 34.6. The van der Waals surface area contributed by atoms with Crippen LogP contribution >= 0.6 is 58.0 Å². The van der Waals surface area contributed by atoms with Crippen molar-refractivity contribution in [2.75, 3.05) is 31.6 Å². The fourth-order valence-corrected chi connectivity index (χ4v) is 7.78. The van der Waals surface area contributed by atoms with Crippen LogP contribution in [0.25, 0.3) is 28.0 Å². The largest absolute Gasteiger partial charge is 0.505 e. The minimum Gasteiger partial charge on any atom is -0.505 e. The number of nitriles is 1. The van der Waals surface area contributed by atoms with Crippen LogP contribution in [0.5, 0.6) is 5.75 Å². The Morgan fingerprint density at radius 2 is 1.83 bits per heavy atom. The highest BCUT2D eigenvalue weighted by Crippen LogP contribution is 2.51. The molecule has 1 N–H and O–H groups in total. The average molecular weight is 737 g/mol. The topological polar surface area (TPSA) is 106 Å². The van der Waals surface area contributed by atoms with E-state index in [1.807, 2.05) is 56.8 Å². The molecule has 0 saturated carbocycles. The number of carbonyl (C=O) groups excluding carboxylic acids is 1. The maximum absolute atomic E-state index is 14.7. The number of hydrogen-bond acceptors (Lipinski definition) is 7. The standard InChI is InChI=1S/C33H31Cl5N6O3/c1-7-21(45)43-11-10-42(14-17(43)5)30-18-12-20(34)27(22-23(35)25(37)26(38)31(46)24(22)36)40-32(18)44(33(47)19(30)13-39)29-16(4)8-9-41(6)28(29)15(2)3/h7-9,12,15,17,28,46H,1,10-11,14H2,2-6H3/t17-,28?/m1/s1. The number of allylic oxidation sites excluding steroid dienone is 2. The summed E-state index contributed by atoms with van der Waals surface area (Å²) in [6, 6.07) is 3.24. The quantitative estimate of drug-likeness (QED) is 0.162. The van der Waals surface area contributed by atoms with Gasteiger partial charge in [-0.3, -0.25) is 14.2 Å². The zero-order valence-corrected chi connectivity index (χ0v) is 30.0. The molecule has 1 aromatic carbocycles. The van der Waals surface area contributed by atoms with Gasteiger partial charge in [0, 0.05) is 43.7 Å². The minimum atomic E-state index is -0.578. The average Bonchev–Trinajstić information content (AvgIpc) is 3.03. The van der Waals surface area contributed by atoms with Crippen molar-refractivity contribution in [2.24, 2.45) is 5.92 Å². The second-order valence-corrected chi connectivity index (χ2v) is 13.8. The van der Waals surface area contributed by atoms with E-state index in [2.05, 4.69) is 12.6 Å². The third-order valence-electron chi connectivity index (χ3n) is 8.62. The lowest BCUT2D eigenvalue weighted by molar-refractivity contribution is -0.128. The maximum atomic E-state index is 14.7. The van der Waals surface area contributed by atoms with Gasteiger partial charge < -0.3 is 19.8 Å². The van der Waals surface area contributed by atoms with Gasteiger partial charge in [-0.2, -0.15) is 5.26 Å². The first kappa shape index (κ1) is 34.9. The number of benzene rings is 1. The molecule has 2 atom stereocenters. The molecule has 0 radical (unpaired) electrons. The number of rotatable bonds is 5. The van der Waals surface area contributed by atoms with Crippen molar-refractivity contribution >= 4 is 86.3 Å². The van der Waals surface area contributed by atoms with Gasteiger partial charge >= 0.3 is 0 Å². The molecule has 2 aromatic heterocycles. The third kappa shape index (κ3) is 5.74. The molecule has 1 unspecified atom stereocenters. The number of phenols is 1. The maximum Gasteiger partial charge on any atom is 0.276 e. The summed E-state index contributed by atoms with van der Waals surface area (Å²) in [6.45, 7) is 12.5. The Morgan fingerprint density at radius 1 is 1.15 bits per heavy atom. The van der Waals surface area contributed by atoms with E-state index in [1.165, 1.54) is 10.6 Å². The van der Waals surface area contributed by atoms with Crippen LogP contribution in [0, 0.1) is 17.2 Å². The van der Waals surface area contributed by atoms with E-state index in [-0.39, 0.29) is 71.5 Å². The highest BCUT2D eigenvalue weighted by atomic mass is 35.5. The van der Waals surface area contributed by atoms with E-state index >= 15 is 0 Å². The molecule has 9 nitrogen and oxygen atoms in total. The van der Waals surface area contributed by atoms with E-state index in [9.17, 15) is 20.0 Å². The number of hydrogen-bond donors (Lipinski definition) is 1. The molecule has 246 valence electrons. The van der Waals surface area contributed by atoms with E-state index in [0.29, 0.717) is 36.4 Å². The molecule has 0 bridgehead atoms. The van der Waals surface area contributed by atoms with Gasteiger partial charge in [0.2, 0.25) is 5.91 Å². The molecule has 2 aliphatic rings. The third-order valence-corrected chi connectivity index (χ3v) is 10.6. The van der Waals surface area contributed by atoms with Crippen molar-refractivity contribution in [3.8, 4) is 23.1 Å². The molecule has 0 spiro atoms. The van der Waals surface area contributed by atoms with Gasteiger partial charge in [-0.05, 0) is 49.8 Å². The summed E-state index contributed by atoms with van der Waals surface area (Å²) in [7, 11) is 1.92. The van der Waals surface area contributed by atoms with E-state index in [1.54, 1.807) is 11.0 Å². The molecule has 1 fully saturated rings. The summed E-state index contributed by atoms with van der Waals surface area (Å²) >= 11 is 32.7.